The number of carbonyl (C=O) groups excluding carboxylic acids is 2. The molecule has 5 nitrogen and oxygen atoms in total. The number of amides is 1. The largest absolute Gasteiger partial charge is 0.467 e. The van der Waals surface area contributed by atoms with Crippen molar-refractivity contribution in [2.24, 2.45) is 0 Å². The van der Waals surface area contributed by atoms with Crippen molar-refractivity contribution in [2.75, 3.05) is 7.11 Å². The van der Waals surface area contributed by atoms with Crippen LogP contribution in [0.5, 0.6) is 0 Å². The molecule has 0 saturated carbocycles. The Morgan fingerprint density at radius 1 is 1.62 bits per heavy atom. The van der Waals surface area contributed by atoms with Crippen LogP contribution in [0.4, 0.5) is 0 Å². The number of aromatic nitrogens is 1. The van der Waals surface area contributed by atoms with Crippen molar-refractivity contribution >= 4 is 11.9 Å². The Bertz CT molecular complexity index is 445. The summed E-state index contributed by atoms with van der Waals surface area (Å²) in [5, 5.41) is 0. The Morgan fingerprint density at radius 3 is 3.00 bits per heavy atom. The summed E-state index contributed by atoms with van der Waals surface area (Å²) in [4.78, 5) is 28.7. The highest BCUT2D eigenvalue weighted by molar-refractivity contribution is 5.98. The first kappa shape index (κ1) is 10.6. The van der Waals surface area contributed by atoms with Crippen LogP contribution in [0.3, 0.4) is 0 Å². The molecule has 1 aliphatic heterocycles. The molecule has 1 aliphatic rings. The molecule has 0 aromatic carbocycles. The second-order valence-corrected chi connectivity index (χ2v) is 3.64. The molecule has 84 valence electrons. The van der Waals surface area contributed by atoms with E-state index in [1.807, 2.05) is 6.07 Å². The number of esters is 1. The molecule has 0 saturated heterocycles. The Labute approximate surface area is 93.0 Å². The van der Waals surface area contributed by atoms with E-state index in [4.69, 9.17) is 0 Å². The third kappa shape index (κ3) is 1.54. The van der Waals surface area contributed by atoms with Crippen molar-refractivity contribution in [2.45, 2.75) is 19.5 Å². The summed E-state index contributed by atoms with van der Waals surface area (Å²) in [6, 6.07) is 3.04. The van der Waals surface area contributed by atoms with E-state index in [0.29, 0.717) is 12.2 Å². The van der Waals surface area contributed by atoms with E-state index in [-0.39, 0.29) is 5.91 Å². The van der Waals surface area contributed by atoms with Gasteiger partial charge in [0, 0.05) is 18.3 Å². The molecule has 0 unspecified atom stereocenters. The summed E-state index contributed by atoms with van der Waals surface area (Å²) in [6.07, 6.45) is 1.57. The number of carbonyl (C=O) groups is 2. The van der Waals surface area contributed by atoms with Gasteiger partial charge in [-0.05, 0) is 13.0 Å². The number of pyridine rings is 1. The van der Waals surface area contributed by atoms with Gasteiger partial charge in [0.15, 0.2) is 0 Å². The predicted octanol–water partition coefficient (Wildman–Crippen LogP) is 0.599. The van der Waals surface area contributed by atoms with Gasteiger partial charge >= 0.3 is 5.97 Å². The molecule has 1 aromatic heterocycles. The zero-order chi connectivity index (χ0) is 11.7. The number of fused-ring (bicyclic) bond motifs is 1. The first-order valence-electron chi connectivity index (χ1n) is 4.98. The van der Waals surface area contributed by atoms with Gasteiger partial charge < -0.3 is 9.64 Å². The number of ether oxygens (including phenoxy) is 1. The van der Waals surface area contributed by atoms with Gasteiger partial charge in [-0.1, -0.05) is 6.07 Å². The standard InChI is InChI=1S/C11H12N2O3/c1-7(11(15)16-2)13-6-8-4-3-5-12-9(8)10(13)14/h3-5,7H,6H2,1-2H3/t7-/m0/s1. The number of methoxy groups -OCH3 is 1. The molecule has 0 radical (unpaired) electrons. The zero-order valence-corrected chi connectivity index (χ0v) is 9.14. The number of rotatable bonds is 2. The highest BCUT2D eigenvalue weighted by atomic mass is 16.5. The number of hydrogen-bond donors (Lipinski definition) is 0. The van der Waals surface area contributed by atoms with Crippen molar-refractivity contribution in [3.8, 4) is 0 Å². The van der Waals surface area contributed by atoms with Crippen LogP contribution in [-0.2, 0) is 16.1 Å². The van der Waals surface area contributed by atoms with E-state index in [1.54, 1.807) is 19.2 Å². The summed E-state index contributed by atoms with van der Waals surface area (Å²) >= 11 is 0. The second kappa shape index (κ2) is 3.92. The molecule has 2 rings (SSSR count). The van der Waals surface area contributed by atoms with Crippen LogP contribution < -0.4 is 0 Å². The van der Waals surface area contributed by atoms with Gasteiger partial charge in [-0.15, -0.1) is 0 Å². The van der Waals surface area contributed by atoms with Crippen LogP contribution in [-0.4, -0.2) is 34.9 Å². The molecule has 0 N–H and O–H groups in total. The first-order chi connectivity index (χ1) is 7.65. The third-order valence-corrected chi connectivity index (χ3v) is 2.71. The smallest absolute Gasteiger partial charge is 0.328 e. The molecule has 2 heterocycles. The van der Waals surface area contributed by atoms with Crippen LogP contribution in [0.15, 0.2) is 18.3 Å². The topological polar surface area (TPSA) is 59.5 Å². The van der Waals surface area contributed by atoms with Crippen LogP contribution in [0.25, 0.3) is 0 Å². The van der Waals surface area contributed by atoms with E-state index in [1.165, 1.54) is 12.0 Å². The lowest BCUT2D eigenvalue weighted by Crippen LogP contribution is -2.39. The van der Waals surface area contributed by atoms with E-state index in [9.17, 15) is 9.59 Å². The molecule has 1 aromatic rings. The fourth-order valence-corrected chi connectivity index (χ4v) is 1.76. The van der Waals surface area contributed by atoms with Gasteiger partial charge in [0.2, 0.25) is 0 Å². The molecule has 1 amide bonds. The number of hydrogen-bond acceptors (Lipinski definition) is 4. The summed E-state index contributed by atoms with van der Waals surface area (Å²) in [5.74, 6) is -0.630. The monoisotopic (exact) mass is 220 g/mol. The lowest BCUT2D eigenvalue weighted by molar-refractivity contribution is -0.145. The predicted molar refractivity (Wildman–Crippen MR) is 55.6 cm³/mol. The van der Waals surface area contributed by atoms with Crippen molar-refractivity contribution in [1.29, 1.82) is 0 Å². The highest BCUT2D eigenvalue weighted by Crippen LogP contribution is 2.22. The van der Waals surface area contributed by atoms with E-state index >= 15 is 0 Å². The van der Waals surface area contributed by atoms with Crippen molar-refractivity contribution in [1.82, 2.24) is 9.88 Å². The van der Waals surface area contributed by atoms with Crippen LogP contribution >= 0.6 is 0 Å². The van der Waals surface area contributed by atoms with Crippen molar-refractivity contribution in [3.63, 3.8) is 0 Å². The molecular weight excluding hydrogens is 208 g/mol. The average molecular weight is 220 g/mol. The van der Waals surface area contributed by atoms with E-state index in [0.717, 1.165) is 5.56 Å². The van der Waals surface area contributed by atoms with Gasteiger partial charge in [0.25, 0.3) is 5.91 Å². The molecule has 16 heavy (non-hydrogen) atoms. The summed E-state index contributed by atoms with van der Waals surface area (Å²) < 4.78 is 4.62. The van der Waals surface area contributed by atoms with E-state index < -0.39 is 12.0 Å². The molecular formula is C11H12N2O3. The Hall–Kier alpha value is -1.91. The first-order valence-corrected chi connectivity index (χ1v) is 4.98. The lowest BCUT2D eigenvalue weighted by Gasteiger charge is -2.21. The number of nitrogens with zero attached hydrogens (tertiary/aromatic N) is 2. The maximum absolute atomic E-state index is 11.9. The minimum Gasteiger partial charge on any atom is -0.467 e. The summed E-state index contributed by atoms with van der Waals surface area (Å²) in [6.45, 7) is 2.06. The van der Waals surface area contributed by atoms with Gasteiger partial charge in [-0.25, -0.2) is 4.79 Å². The van der Waals surface area contributed by atoms with Crippen molar-refractivity contribution in [3.05, 3.63) is 29.6 Å². The average Bonchev–Trinajstić information content (AvgIpc) is 2.65. The fraction of sp³-hybridized carbons (Fsp3) is 0.364. The van der Waals surface area contributed by atoms with Crippen LogP contribution in [0.1, 0.15) is 23.0 Å². The van der Waals surface area contributed by atoms with Gasteiger partial charge in [0.05, 0.1) is 7.11 Å². The molecule has 0 aliphatic carbocycles. The molecule has 5 heteroatoms. The van der Waals surface area contributed by atoms with Crippen molar-refractivity contribution < 1.29 is 14.3 Å². The lowest BCUT2D eigenvalue weighted by atomic mass is 10.2. The molecule has 0 fully saturated rings. The quantitative estimate of drug-likeness (QED) is 0.685. The minimum absolute atomic E-state index is 0.214. The second-order valence-electron chi connectivity index (χ2n) is 3.64. The summed E-state index contributed by atoms with van der Waals surface area (Å²) in [5.41, 5.74) is 1.28. The highest BCUT2D eigenvalue weighted by Gasteiger charge is 2.34. The van der Waals surface area contributed by atoms with Gasteiger partial charge in [-0.3, -0.25) is 9.78 Å². The molecule has 1 atom stereocenters. The SMILES string of the molecule is COC(=O)[C@H](C)N1Cc2cccnc2C1=O. The van der Waals surface area contributed by atoms with Crippen LogP contribution in [0.2, 0.25) is 0 Å². The van der Waals surface area contributed by atoms with Crippen LogP contribution in [0, 0.1) is 0 Å². The maximum atomic E-state index is 11.9. The normalized spacial score (nSPS) is 15.9. The fourth-order valence-electron chi connectivity index (χ4n) is 1.76. The Balaban J connectivity index is 2.25. The van der Waals surface area contributed by atoms with E-state index in [2.05, 4.69) is 9.72 Å². The third-order valence-electron chi connectivity index (χ3n) is 2.71. The zero-order valence-electron chi connectivity index (χ0n) is 9.14. The Kier molecular flexibility index (Phi) is 2.60. The Morgan fingerprint density at radius 2 is 2.38 bits per heavy atom. The molecule has 0 spiro atoms. The molecule has 0 bridgehead atoms. The summed E-state index contributed by atoms with van der Waals surface area (Å²) in [7, 11) is 1.31. The maximum Gasteiger partial charge on any atom is 0.328 e. The van der Waals surface area contributed by atoms with Gasteiger partial charge in [0.1, 0.15) is 11.7 Å². The van der Waals surface area contributed by atoms with Gasteiger partial charge in [-0.2, -0.15) is 0 Å². The minimum atomic E-state index is -0.577.